The normalized spacial score (nSPS) is 12.0. The van der Waals surface area contributed by atoms with E-state index in [0.29, 0.717) is 17.3 Å². The van der Waals surface area contributed by atoms with E-state index in [-0.39, 0.29) is 0 Å². The molecule has 1 aromatic heterocycles. The largest absolute Gasteiger partial charge is 0.436 e. The van der Waals surface area contributed by atoms with Gasteiger partial charge in [-0.2, -0.15) is 0 Å². The van der Waals surface area contributed by atoms with E-state index in [0.717, 1.165) is 16.7 Å². The zero-order valence-electron chi connectivity index (χ0n) is 13.5. The highest BCUT2D eigenvalue weighted by Crippen LogP contribution is 2.35. The maximum absolute atomic E-state index is 10.9. The number of rotatable bonds is 4. The Labute approximate surface area is 146 Å². The van der Waals surface area contributed by atoms with Gasteiger partial charge in [0.2, 0.25) is 5.89 Å². The van der Waals surface area contributed by atoms with Gasteiger partial charge in [-0.1, -0.05) is 78.9 Å². The summed E-state index contributed by atoms with van der Waals surface area (Å²) in [6.07, 6.45) is -0.849. The number of aliphatic hydroxyl groups excluding tert-OH is 1. The van der Waals surface area contributed by atoms with E-state index < -0.39 is 6.10 Å². The number of benzene rings is 3. The predicted octanol–water partition coefficient (Wildman–Crippen LogP) is 5.09. The average molecular weight is 327 g/mol. The van der Waals surface area contributed by atoms with Crippen molar-refractivity contribution in [2.24, 2.45) is 0 Å². The third-order valence-electron chi connectivity index (χ3n) is 4.08. The van der Waals surface area contributed by atoms with Crippen LogP contribution in [0.2, 0.25) is 0 Å². The van der Waals surface area contributed by atoms with Crippen molar-refractivity contribution >= 4 is 0 Å². The predicted molar refractivity (Wildman–Crippen MR) is 97.9 cm³/mol. The van der Waals surface area contributed by atoms with Crippen LogP contribution in [0.4, 0.5) is 0 Å². The van der Waals surface area contributed by atoms with Crippen LogP contribution in [0.15, 0.2) is 95.4 Å². The molecule has 0 fully saturated rings. The van der Waals surface area contributed by atoms with E-state index in [4.69, 9.17) is 4.42 Å². The van der Waals surface area contributed by atoms with Crippen molar-refractivity contribution in [2.75, 3.05) is 0 Å². The van der Waals surface area contributed by atoms with Gasteiger partial charge in [0, 0.05) is 11.1 Å². The van der Waals surface area contributed by atoms with Crippen LogP contribution < -0.4 is 0 Å². The van der Waals surface area contributed by atoms with Gasteiger partial charge in [0.1, 0.15) is 11.8 Å². The van der Waals surface area contributed by atoms with E-state index >= 15 is 0 Å². The number of hydrogen-bond acceptors (Lipinski definition) is 3. The maximum atomic E-state index is 10.9. The molecule has 0 amide bonds. The highest BCUT2D eigenvalue weighted by Gasteiger charge is 2.23. The van der Waals surface area contributed by atoms with Crippen molar-refractivity contribution in [3.8, 4) is 22.8 Å². The molecule has 3 nitrogen and oxygen atoms in total. The summed E-state index contributed by atoms with van der Waals surface area (Å²) in [5, 5.41) is 10.9. The monoisotopic (exact) mass is 327 g/mol. The van der Waals surface area contributed by atoms with Gasteiger partial charge in [0.25, 0.3) is 0 Å². The highest BCUT2D eigenvalue weighted by molar-refractivity contribution is 5.65. The summed E-state index contributed by atoms with van der Waals surface area (Å²) in [7, 11) is 0. The minimum absolute atomic E-state index is 0.504. The molecular formula is C22H17NO2. The Hall–Kier alpha value is -3.17. The zero-order valence-corrected chi connectivity index (χ0v) is 13.5. The molecule has 1 atom stereocenters. The Morgan fingerprint density at radius 1 is 0.680 bits per heavy atom. The summed E-state index contributed by atoms with van der Waals surface area (Å²) in [5.41, 5.74) is 3.08. The van der Waals surface area contributed by atoms with Crippen LogP contribution in [0.1, 0.15) is 17.4 Å². The van der Waals surface area contributed by atoms with Crippen LogP contribution >= 0.6 is 0 Å². The molecule has 0 aliphatic heterocycles. The molecule has 0 saturated carbocycles. The molecule has 0 aliphatic rings. The lowest BCUT2D eigenvalue weighted by molar-refractivity contribution is 0.216. The van der Waals surface area contributed by atoms with Crippen molar-refractivity contribution in [3.63, 3.8) is 0 Å². The van der Waals surface area contributed by atoms with Crippen LogP contribution in [-0.2, 0) is 0 Å². The molecule has 0 aliphatic carbocycles. The molecule has 1 heterocycles. The number of nitrogens with zero attached hydrogens (tertiary/aromatic N) is 1. The molecule has 25 heavy (non-hydrogen) atoms. The van der Waals surface area contributed by atoms with Crippen molar-refractivity contribution in [1.82, 2.24) is 4.98 Å². The lowest BCUT2D eigenvalue weighted by atomic mass is 10.0. The fraction of sp³-hybridized carbons (Fsp3) is 0.0455. The number of oxazole rings is 1. The van der Waals surface area contributed by atoms with Gasteiger partial charge in [0.05, 0.1) is 0 Å². The van der Waals surface area contributed by atoms with Crippen molar-refractivity contribution in [3.05, 3.63) is 102 Å². The average Bonchev–Trinajstić information content (AvgIpc) is 3.15. The fourth-order valence-electron chi connectivity index (χ4n) is 2.81. The summed E-state index contributed by atoms with van der Waals surface area (Å²) >= 11 is 0. The lowest BCUT2D eigenvalue weighted by Crippen LogP contribution is -2.01. The first-order valence-corrected chi connectivity index (χ1v) is 8.17. The third kappa shape index (κ3) is 3.10. The maximum Gasteiger partial charge on any atom is 0.227 e. The summed E-state index contributed by atoms with van der Waals surface area (Å²) in [6, 6.07) is 29.0. The van der Waals surface area contributed by atoms with E-state index in [2.05, 4.69) is 4.98 Å². The Morgan fingerprint density at radius 3 is 1.80 bits per heavy atom. The Kier molecular flexibility index (Phi) is 4.15. The molecule has 0 saturated heterocycles. The quantitative estimate of drug-likeness (QED) is 0.568. The molecule has 0 radical (unpaired) electrons. The number of aliphatic hydroxyl groups is 1. The second-order valence-corrected chi connectivity index (χ2v) is 5.78. The Morgan fingerprint density at radius 2 is 1.20 bits per heavy atom. The molecule has 1 N–H and O–H groups in total. The van der Waals surface area contributed by atoms with Gasteiger partial charge in [-0.25, -0.2) is 4.98 Å². The standard InChI is InChI=1S/C22H17NO2/c24-20(16-10-4-1-5-11-16)19-21(17-12-6-2-7-13-17)25-22(23-19)18-14-8-3-9-15-18/h1-15,20,24H. The Bertz CT molecular complexity index is 947. The van der Waals surface area contributed by atoms with E-state index in [1.807, 2.05) is 91.0 Å². The van der Waals surface area contributed by atoms with Crippen molar-refractivity contribution < 1.29 is 9.52 Å². The van der Waals surface area contributed by atoms with Crippen molar-refractivity contribution in [1.29, 1.82) is 0 Å². The summed E-state index contributed by atoms with van der Waals surface area (Å²) < 4.78 is 6.06. The smallest absolute Gasteiger partial charge is 0.227 e. The zero-order chi connectivity index (χ0) is 17.1. The SMILES string of the molecule is OC(c1ccccc1)c1nc(-c2ccccc2)oc1-c1ccccc1. The summed E-state index contributed by atoms with van der Waals surface area (Å²) in [4.78, 5) is 4.62. The van der Waals surface area contributed by atoms with E-state index in [1.165, 1.54) is 0 Å². The molecule has 1 unspecified atom stereocenters. The van der Waals surface area contributed by atoms with Crippen LogP contribution in [0, 0.1) is 0 Å². The molecular weight excluding hydrogens is 310 g/mol. The van der Waals surface area contributed by atoms with Gasteiger partial charge in [-0.15, -0.1) is 0 Å². The molecule has 3 heteroatoms. The molecule has 3 aromatic carbocycles. The molecule has 0 bridgehead atoms. The van der Waals surface area contributed by atoms with Crippen LogP contribution in [0.5, 0.6) is 0 Å². The second-order valence-electron chi connectivity index (χ2n) is 5.78. The van der Waals surface area contributed by atoms with Crippen LogP contribution in [0.3, 0.4) is 0 Å². The van der Waals surface area contributed by atoms with Gasteiger partial charge in [0.15, 0.2) is 5.76 Å². The molecule has 0 spiro atoms. The van der Waals surface area contributed by atoms with E-state index in [1.54, 1.807) is 0 Å². The third-order valence-corrected chi connectivity index (χ3v) is 4.08. The van der Waals surface area contributed by atoms with E-state index in [9.17, 15) is 5.11 Å². The minimum Gasteiger partial charge on any atom is -0.436 e. The first-order valence-electron chi connectivity index (χ1n) is 8.17. The molecule has 122 valence electrons. The summed E-state index contributed by atoms with van der Waals surface area (Å²) in [6.45, 7) is 0. The lowest BCUT2D eigenvalue weighted by Gasteiger charge is -2.09. The van der Waals surface area contributed by atoms with Gasteiger partial charge in [-0.3, -0.25) is 0 Å². The first kappa shape index (κ1) is 15.4. The van der Waals surface area contributed by atoms with Gasteiger partial charge in [-0.05, 0) is 17.7 Å². The minimum atomic E-state index is -0.849. The Balaban J connectivity index is 1.85. The fourth-order valence-corrected chi connectivity index (χ4v) is 2.81. The van der Waals surface area contributed by atoms with Crippen LogP contribution in [-0.4, -0.2) is 10.1 Å². The number of aromatic nitrogens is 1. The molecule has 4 aromatic rings. The second kappa shape index (κ2) is 6.75. The van der Waals surface area contributed by atoms with Crippen LogP contribution in [0.25, 0.3) is 22.8 Å². The van der Waals surface area contributed by atoms with Gasteiger partial charge >= 0.3 is 0 Å². The van der Waals surface area contributed by atoms with Crippen molar-refractivity contribution in [2.45, 2.75) is 6.10 Å². The highest BCUT2D eigenvalue weighted by atomic mass is 16.4. The first-order chi connectivity index (χ1) is 12.3. The summed E-state index contributed by atoms with van der Waals surface area (Å²) in [5.74, 6) is 1.10. The van der Waals surface area contributed by atoms with Gasteiger partial charge < -0.3 is 9.52 Å². The topological polar surface area (TPSA) is 46.3 Å². The number of hydrogen-bond donors (Lipinski definition) is 1. The molecule has 4 rings (SSSR count).